The predicted octanol–water partition coefficient (Wildman–Crippen LogP) is 2.32. The molecule has 3 unspecified atom stereocenters. The first kappa shape index (κ1) is 25.3. The first-order chi connectivity index (χ1) is 15.1. The first-order valence-electron chi connectivity index (χ1n) is 12.3. The van der Waals surface area contributed by atoms with E-state index >= 15 is 0 Å². The highest BCUT2D eigenvalue weighted by molar-refractivity contribution is 8.02. The van der Waals surface area contributed by atoms with E-state index in [0.717, 1.165) is 32.1 Å². The Hall–Kier alpha value is -1.28. The molecule has 0 aromatic rings. The zero-order valence-electron chi connectivity index (χ0n) is 20.4. The van der Waals surface area contributed by atoms with E-state index in [9.17, 15) is 19.5 Å². The zero-order valence-corrected chi connectivity index (χ0v) is 21.3. The lowest BCUT2D eigenvalue weighted by Gasteiger charge is -2.39. The minimum Gasteiger partial charge on any atom is -0.394 e. The minimum absolute atomic E-state index is 0.00676. The molecule has 3 saturated heterocycles. The summed E-state index contributed by atoms with van der Waals surface area (Å²) in [6, 6.07) is -1.12. The molecule has 0 saturated carbocycles. The normalized spacial score (nSPS) is 35.2. The van der Waals surface area contributed by atoms with Gasteiger partial charge < -0.3 is 20.6 Å². The van der Waals surface area contributed by atoms with Gasteiger partial charge in [-0.2, -0.15) is 0 Å². The third-order valence-electron chi connectivity index (χ3n) is 7.72. The third kappa shape index (κ3) is 3.95. The van der Waals surface area contributed by atoms with E-state index in [1.807, 2.05) is 27.7 Å². The smallest absolute Gasteiger partial charge is 0.244 e. The lowest BCUT2D eigenvalue weighted by atomic mass is 9.66. The van der Waals surface area contributed by atoms with Crippen LogP contribution in [-0.2, 0) is 14.4 Å². The molecule has 1 spiro atoms. The SMILES string of the molecule is CCCNC(=O)[C@H]1[C@H]2C(=O)N([C@@H](CO)C(C)C)C(C(=O)NC(C)CCC)C23CC[C@]1(C)S3. The van der Waals surface area contributed by atoms with Gasteiger partial charge in [0.1, 0.15) is 6.04 Å². The lowest BCUT2D eigenvalue weighted by molar-refractivity contribution is -0.144. The van der Waals surface area contributed by atoms with Gasteiger partial charge >= 0.3 is 0 Å². The number of aliphatic hydroxyl groups excluding tert-OH is 1. The van der Waals surface area contributed by atoms with Crippen LogP contribution in [0.1, 0.15) is 73.6 Å². The molecule has 3 aliphatic rings. The Bertz CT molecular complexity index is 747. The summed E-state index contributed by atoms with van der Waals surface area (Å²) in [5.41, 5.74) is 0. The highest BCUT2D eigenvalue weighted by Crippen LogP contribution is 2.71. The Morgan fingerprint density at radius 2 is 1.88 bits per heavy atom. The Morgan fingerprint density at radius 3 is 2.44 bits per heavy atom. The molecular weight excluding hydrogens is 426 g/mol. The van der Waals surface area contributed by atoms with Crippen molar-refractivity contribution in [1.29, 1.82) is 0 Å². The van der Waals surface area contributed by atoms with E-state index in [1.165, 1.54) is 0 Å². The largest absolute Gasteiger partial charge is 0.394 e. The van der Waals surface area contributed by atoms with Crippen LogP contribution in [0, 0.1) is 17.8 Å². The highest BCUT2D eigenvalue weighted by atomic mass is 32.2. The third-order valence-corrected chi connectivity index (χ3v) is 9.70. The average Bonchev–Trinajstić information content (AvgIpc) is 3.28. The molecule has 3 aliphatic heterocycles. The van der Waals surface area contributed by atoms with Crippen LogP contribution >= 0.6 is 11.8 Å². The number of nitrogens with one attached hydrogen (secondary N) is 2. The van der Waals surface area contributed by atoms with E-state index in [-0.39, 0.29) is 41.0 Å². The maximum atomic E-state index is 14.0. The second-order valence-corrected chi connectivity index (χ2v) is 12.4. The molecule has 7 atom stereocenters. The summed E-state index contributed by atoms with van der Waals surface area (Å²) in [5.74, 6) is -1.37. The van der Waals surface area contributed by atoms with Crippen LogP contribution in [0.4, 0.5) is 0 Å². The first-order valence-corrected chi connectivity index (χ1v) is 13.1. The number of aliphatic hydroxyl groups is 1. The van der Waals surface area contributed by atoms with Gasteiger partial charge in [-0.3, -0.25) is 14.4 Å². The van der Waals surface area contributed by atoms with Crippen LogP contribution in [0.2, 0.25) is 0 Å². The Kier molecular flexibility index (Phi) is 7.55. The van der Waals surface area contributed by atoms with E-state index in [1.54, 1.807) is 16.7 Å². The van der Waals surface area contributed by atoms with Gasteiger partial charge in [0.25, 0.3) is 0 Å². The molecule has 3 N–H and O–H groups in total. The predicted molar refractivity (Wildman–Crippen MR) is 127 cm³/mol. The molecule has 8 heteroatoms. The molecule has 182 valence electrons. The van der Waals surface area contributed by atoms with Crippen LogP contribution in [0.25, 0.3) is 0 Å². The topological polar surface area (TPSA) is 98.7 Å². The number of carbonyl (C=O) groups is 3. The number of rotatable bonds is 10. The molecular formula is C24H41N3O4S. The van der Waals surface area contributed by atoms with Crippen LogP contribution in [0.15, 0.2) is 0 Å². The summed E-state index contributed by atoms with van der Waals surface area (Å²) < 4.78 is -0.983. The van der Waals surface area contributed by atoms with Crippen molar-refractivity contribution in [1.82, 2.24) is 15.5 Å². The van der Waals surface area contributed by atoms with Crippen LogP contribution in [0.5, 0.6) is 0 Å². The molecule has 2 bridgehead atoms. The van der Waals surface area contributed by atoms with Crippen molar-refractivity contribution in [3.05, 3.63) is 0 Å². The summed E-state index contributed by atoms with van der Waals surface area (Å²) in [4.78, 5) is 42.6. The van der Waals surface area contributed by atoms with Crippen LogP contribution in [-0.4, -0.2) is 68.5 Å². The Labute approximate surface area is 196 Å². The number of likely N-dealkylation sites (tertiary alicyclic amines) is 1. The number of carbonyl (C=O) groups excluding carboxylic acids is 3. The van der Waals surface area contributed by atoms with Crippen molar-refractivity contribution in [3.8, 4) is 0 Å². The van der Waals surface area contributed by atoms with Crippen molar-refractivity contribution < 1.29 is 19.5 Å². The molecule has 0 aromatic heterocycles. The van der Waals surface area contributed by atoms with Gasteiger partial charge in [-0.1, -0.05) is 34.1 Å². The van der Waals surface area contributed by atoms with Crippen molar-refractivity contribution in [2.75, 3.05) is 13.2 Å². The number of hydrogen-bond donors (Lipinski definition) is 3. The van der Waals surface area contributed by atoms with Gasteiger partial charge in [0.2, 0.25) is 17.7 Å². The molecule has 0 radical (unpaired) electrons. The number of amides is 3. The van der Waals surface area contributed by atoms with Crippen molar-refractivity contribution in [2.45, 2.75) is 101 Å². The maximum Gasteiger partial charge on any atom is 0.244 e. The Morgan fingerprint density at radius 1 is 1.19 bits per heavy atom. The van der Waals surface area contributed by atoms with E-state index < -0.39 is 28.7 Å². The molecule has 3 fully saturated rings. The molecule has 32 heavy (non-hydrogen) atoms. The van der Waals surface area contributed by atoms with Gasteiger partial charge in [0.15, 0.2) is 0 Å². The van der Waals surface area contributed by atoms with Gasteiger partial charge in [-0.25, -0.2) is 0 Å². The standard InChI is InChI=1S/C24H41N3O4S/c1-7-9-15(5)26-21(30)19-24-11-10-23(6,32-24)17(20(29)25-12-8-2)18(24)22(31)27(19)16(13-28)14(3)4/h14-19,28H,7-13H2,1-6H3,(H,25,29)(H,26,30)/t15?,16-,17+,18-,19?,23-,24?/m0/s1. The fourth-order valence-corrected chi connectivity index (χ4v) is 8.57. The second kappa shape index (κ2) is 9.53. The van der Waals surface area contributed by atoms with E-state index in [2.05, 4.69) is 24.5 Å². The van der Waals surface area contributed by atoms with Crippen molar-refractivity contribution in [2.24, 2.45) is 17.8 Å². The van der Waals surface area contributed by atoms with Crippen molar-refractivity contribution in [3.63, 3.8) is 0 Å². The molecule has 0 aliphatic carbocycles. The van der Waals surface area contributed by atoms with Gasteiger partial charge in [0.05, 0.1) is 29.2 Å². The molecule has 3 heterocycles. The quantitative estimate of drug-likeness (QED) is 0.458. The number of hydrogen-bond acceptors (Lipinski definition) is 5. The van der Waals surface area contributed by atoms with E-state index in [0.29, 0.717) is 6.54 Å². The number of thioether (sulfide) groups is 1. The average molecular weight is 468 g/mol. The number of nitrogens with zero attached hydrogens (tertiary/aromatic N) is 1. The molecule has 3 amide bonds. The van der Waals surface area contributed by atoms with E-state index in [4.69, 9.17) is 0 Å². The highest BCUT2D eigenvalue weighted by Gasteiger charge is 2.77. The van der Waals surface area contributed by atoms with Crippen molar-refractivity contribution >= 4 is 29.5 Å². The number of fused-ring (bicyclic) bond motifs is 1. The van der Waals surface area contributed by atoms with Gasteiger partial charge in [-0.15, -0.1) is 11.8 Å². The molecule has 7 nitrogen and oxygen atoms in total. The summed E-state index contributed by atoms with van der Waals surface area (Å²) in [7, 11) is 0. The zero-order chi connectivity index (χ0) is 23.8. The summed E-state index contributed by atoms with van der Waals surface area (Å²) in [6.07, 6.45) is 4.19. The summed E-state index contributed by atoms with van der Waals surface area (Å²) >= 11 is 1.68. The summed E-state index contributed by atoms with van der Waals surface area (Å²) in [5, 5.41) is 16.4. The minimum atomic E-state index is -0.672. The molecule has 0 aromatic carbocycles. The monoisotopic (exact) mass is 467 g/mol. The van der Waals surface area contributed by atoms with Gasteiger partial charge in [0, 0.05) is 17.3 Å². The lowest BCUT2D eigenvalue weighted by Crippen LogP contribution is -2.58. The van der Waals surface area contributed by atoms with Gasteiger partial charge in [-0.05, 0) is 45.4 Å². The second-order valence-electron chi connectivity index (χ2n) is 10.5. The molecule has 3 rings (SSSR count). The maximum absolute atomic E-state index is 14.0. The summed E-state index contributed by atoms with van der Waals surface area (Å²) in [6.45, 7) is 12.5. The van der Waals surface area contributed by atoms with Crippen LogP contribution < -0.4 is 10.6 Å². The van der Waals surface area contributed by atoms with Crippen LogP contribution in [0.3, 0.4) is 0 Å². The fraction of sp³-hybridized carbons (Fsp3) is 0.875. The Balaban J connectivity index is 2.05. The fourth-order valence-electron chi connectivity index (χ4n) is 6.23.